The minimum absolute atomic E-state index is 0.000967. The minimum Gasteiger partial charge on any atom is -0.486 e. The molecule has 0 saturated carbocycles. The van der Waals surface area contributed by atoms with Crippen molar-refractivity contribution in [1.82, 2.24) is 9.80 Å². The zero-order chi connectivity index (χ0) is 19.5. The maximum atomic E-state index is 13.3. The Hall–Kier alpha value is -3.02. The van der Waals surface area contributed by atoms with Gasteiger partial charge in [0.1, 0.15) is 19.3 Å². The third kappa shape index (κ3) is 3.81. The van der Waals surface area contributed by atoms with E-state index in [1.165, 1.54) is 0 Å². The number of carbonyl (C=O) groups excluding carboxylic acids is 2. The van der Waals surface area contributed by atoms with E-state index in [1.807, 2.05) is 48.5 Å². The molecule has 0 spiro atoms. The summed E-state index contributed by atoms with van der Waals surface area (Å²) < 4.78 is 11.2. The second-order valence-electron chi connectivity index (χ2n) is 7.20. The van der Waals surface area contributed by atoms with Crippen molar-refractivity contribution in [2.45, 2.75) is 25.4 Å². The monoisotopic (exact) mass is 380 g/mol. The lowest BCUT2D eigenvalue weighted by molar-refractivity contribution is -0.140. The topological polar surface area (TPSA) is 59.1 Å². The number of carbonyl (C=O) groups is 2. The van der Waals surface area contributed by atoms with Crippen LogP contribution < -0.4 is 9.47 Å². The Morgan fingerprint density at radius 1 is 0.964 bits per heavy atom. The average molecular weight is 380 g/mol. The molecule has 2 aliphatic heterocycles. The molecule has 146 valence electrons. The summed E-state index contributed by atoms with van der Waals surface area (Å²) in [4.78, 5) is 29.1. The van der Waals surface area contributed by atoms with Crippen molar-refractivity contribution < 1.29 is 19.1 Å². The number of rotatable bonds is 4. The second-order valence-corrected chi connectivity index (χ2v) is 7.20. The minimum atomic E-state index is -0.491. The molecule has 0 radical (unpaired) electrons. The highest BCUT2D eigenvalue weighted by Crippen LogP contribution is 2.31. The summed E-state index contributed by atoms with van der Waals surface area (Å²) in [7, 11) is 1.72. The Bertz CT molecular complexity index is 868. The number of nitrogens with zero attached hydrogens (tertiary/aromatic N) is 2. The highest BCUT2D eigenvalue weighted by Gasteiger charge is 2.34. The molecule has 2 aromatic rings. The standard InChI is InChI=1S/C22H24N2O4/c1-23-18(13-16-5-3-2-4-6-16)22(26)24(10-9-21(23)25)15-17-7-8-19-20(14-17)28-12-11-27-19/h2-8,14,18H,9-13,15H2,1H3/t18-/m0/s1. The maximum absolute atomic E-state index is 13.3. The fourth-order valence-electron chi connectivity index (χ4n) is 3.69. The van der Waals surface area contributed by atoms with Gasteiger partial charge in [-0.3, -0.25) is 9.59 Å². The number of likely N-dealkylation sites (N-methyl/N-ethyl adjacent to an activating group) is 1. The Morgan fingerprint density at radius 2 is 1.71 bits per heavy atom. The first kappa shape index (κ1) is 18.3. The molecule has 0 unspecified atom stereocenters. The quantitative estimate of drug-likeness (QED) is 0.816. The van der Waals surface area contributed by atoms with Crippen molar-refractivity contribution in [3.8, 4) is 11.5 Å². The van der Waals surface area contributed by atoms with Crippen molar-refractivity contribution in [1.29, 1.82) is 0 Å². The molecule has 1 atom stereocenters. The van der Waals surface area contributed by atoms with E-state index in [9.17, 15) is 9.59 Å². The van der Waals surface area contributed by atoms with E-state index in [0.29, 0.717) is 44.9 Å². The van der Waals surface area contributed by atoms with Crippen LogP contribution in [0, 0.1) is 0 Å². The van der Waals surface area contributed by atoms with Crippen molar-refractivity contribution >= 4 is 11.8 Å². The summed E-state index contributed by atoms with van der Waals surface area (Å²) in [6.07, 6.45) is 0.845. The second kappa shape index (κ2) is 7.92. The molecule has 2 aromatic carbocycles. The lowest BCUT2D eigenvalue weighted by atomic mass is 10.0. The smallest absolute Gasteiger partial charge is 0.246 e. The largest absolute Gasteiger partial charge is 0.486 e. The van der Waals surface area contributed by atoms with Gasteiger partial charge in [-0.1, -0.05) is 36.4 Å². The molecule has 0 N–H and O–H groups in total. The van der Waals surface area contributed by atoms with Gasteiger partial charge in [-0.15, -0.1) is 0 Å². The molecule has 0 bridgehead atoms. The Morgan fingerprint density at radius 3 is 2.50 bits per heavy atom. The van der Waals surface area contributed by atoms with E-state index in [2.05, 4.69) is 0 Å². The number of ether oxygens (including phenoxy) is 2. The van der Waals surface area contributed by atoms with Crippen molar-refractivity contribution in [2.75, 3.05) is 26.8 Å². The lowest BCUT2D eigenvalue weighted by Crippen LogP contribution is -2.46. The maximum Gasteiger partial charge on any atom is 0.246 e. The molecule has 0 aliphatic carbocycles. The molecule has 6 nitrogen and oxygen atoms in total. The predicted octanol–water partition coefficient (Wildman–Crippen LogP) is 2.26. The van der Waals surface area contributed by atoms with Crippen molar-refractivity contribution in [3.63, 3.8) is 0 Å². The number of fused-ring (bicyclic) bond motifs is 1. The van der Waals surface area contributed by atoms with Crippen LogP contribution >= 0.6 is 0 Å². The third-order valence-electron chi connectivity index (χ3n) is 5.31. The Balaban J connectivity index is 1.54. The molecule has 4 rings (SSSR count). The van der Waals surface area contributed by atoms with E-state index in [1.54, 1.807) is 16.8 Å². The van der Waals surface area contributed by atoms with Crippen molar-refractivity contribution in [3.05, 3.63) is 59.7 Å². The van der Waals surface area contributed by atoms with Gasteiger partial charge < -0.3 is 19.3 Å². The van der Waals surface area contributed by atoms with Crippen LogP contribution in [0.3, 0.4) is 0 Å². The highest BCUT2D eigenvalue weighted by atomic mass is 16.6. The number of hydrogen-bond acceptors (Lipinski definition) is 4. The Kier molecular flexibility index (Phi) is 5.19. The van der Waals surface area contributed by atoms with E-state index < -0.39 is 6.04 Å². The van der Waals surface area contributed by atoms with Gasteiger partial charge in [0.05, 0.1) is 0 Å². The summed E-state index contributed by atoms with van der Waals surface area (Å²) in [5, 5.41) is 0. The summed E-state index contributed by atoms with van der Waals surface area (Å²) in [6, 6.07) is 15.1. The zero-order valence-corrected chi connectivity index (χ0v) is 16.0. The van der Waals surface area contributed by atoms with Crippen LogP contribution in [0.15, 0.2) is 48.5 Å². The van der Waals surface area contributed by atoms with E-state index in [-0.39, 0.29) is 11.8 Å². The van der Waals surface area contributed by atoms with Gasteiger partial charge in [-0.05, 0) is 23.3 Å². The number of amides is 2. The molecule has 2 amide bonds. The Labute approximate surface area is 164 Å². The van der Waals surface area contributed by atoms with E-state index in [0.717, 1.165) is 16.9 Å². The molecule has 6 heteroatoms. The van der Waals surface area contributed by atoms with Gasteiger partial charge >= 0.3 is 0 Å². The molecular formula is C22H24N2O4. The molecule has 1 fully saturated rings. The van der Waals surface area contributed by atoms with Gasteiger partial charge in [-0.2, -0.15) is 0 Å². The van der Waals surface area contributed by atoms with Crippen LogP contribution in [0.25, 0.3) is 0 Å². The van der Waals surface area contributed by atoms with Crippen LogP contribution in [-0.4, -0.2) is 54.5 Å². The number of benzene rings is 2. The van der Waals surface area contributed by atoms with Crippen LogP contribution in [0.1, 0.15) is 17.5 Å². The number of hydrogen-bond donors (Lipinski definition) is 0. The predicted molar refractivity (Wildman–Crippen MR) is 104 cm³/mol. The molecule has 28 heavy (non-hydrogen) atoms. The van der Waals surface area contributed by atoms with Gasteiger partial charge in [0.2, 0.25) is 11.8 Å². The summed E-state index contributed by atoms with van der Waals surface area (Å²) in [5.74, 6) is 1.42. The summed E-state index contributed by atoms with van der Waals surface area (Å²) in [5.41, 5.74) is 2.01. The van der Waals surface area contributed by atoms with Crippen LogP contribution in [0.4, 0.5) is 0 Å². The molecule has 1 saturated heterocycles. The van der Waals surface area contributed by atoms with Gasteiger partial charge in [0, 0.05) is 33.0 Å². The molecule has 2 aliphatic rings. The zero-order valence-electron chi connectivity index (χ0n) is 16.0. The molecular weight excluding hydrogens is 356 g/mol. The average Bonchev–Trinajstić information content (AvgIpc) is 2.82. The van der Waals surface area contributed by atoms with Crippen LogP contribution in [0.2, 0.25) is 0 Å². The fraction of sp³-hybridized carbons (Fsp3) is 0.364. The fourth-order valence-corrected chi connectivity index (χ4v) is 3.69. The molecule has 2 heterocycles. The first-order chi connectivity index (χ1) is 13.6. The summed E-state index contributed by atoms with van der Waals surface area (Å²) in [6.45, 7) is 1.94. The van der Waals surface area contributed by atoms with Gasteiger partial charge in [-0.25, -0.2) is 0 Å². The van der Waals surface area contributed by atoms with Crippen molar-refractivity contribution in [2.24, 2.45) is 0 Å². The van der Waals surface area contributed by atoms with Gasteiger partial charge in [0.15, 0.2) is 11.5 Å². The first-order valence-corrected chi connectivity index (χ1v) is 9.59. The van der Waals surface area contributed by atoms with Gasteiger partial charge in [0.25, 0.3) is 0 Å². The SMILES string of the molecule is CN1C(=O)CCN(Cc2ccc3c(c2)OCCO3)C(=O)[C@@H]1Cc1ccccc1. The van der Waals surface area contributed by atoms with Crippen LogP contribution in [-0.2, 0) is 22.6 Å². The van der Waals surface area contributed by atoms with Crippen LogP contribution in [0.5, 0.6) is 11.5 Å². The summed E-state index contributed by atoms with van der Waals surface area (Å²) >= 11 is 0. The lowest BCUT2D eigenvalue weighted by Gasteiger charge is -2.28. The van der Waals surface area contributed by atoms with E-state index in [4.69, 9.17) is 9.47 Å². The molecule has 0 aromatic heterocycles. The first-order valence-electron chi connectivity index (χ1n) is 9.59. The van der Waals surface area contributed by atoms with E-state index >= 15 is 0 Å². The highest BCUT2D eigenvalue weighted by molar-refractivity contribution is 5.90. The normalized spacial score (nSPS) is 19.5. The third-order valence-corrected chi connectivity index (χ3v) is 5.31.